The molecule has 1 atom stereocenters. The summed E-state index contributed by atoms with van der Waals surface area (Å²) in [7, 11) is 5.75. The topological polar surface area (TPSA) is 52.2 Å². The molecule has 0 saturated heterocycles. The molecule has 1 aliphatic rings. The Morgan fingerprint density at radius 1 is 1.29 bits per heavy atom. The van der Waals surface area contributed by atoms with Crippen molar-refractivity contribution in [2.75, 3.05) is 21.1 Å². The standard InChI is InChI=1S/C19H26N4O/c1-13-7-5-6-8-16(13)18(22(2)3)19(24)23(4)12-15-11-17(21-20-15)14-9-10-14/h5-8,11,14,18H,9-10,12H2,1-4H3,(H,20,21)/t18-/m1/s1. The number of carbonyl (C=O) groups excluding carboxylic acids is 1. The largest absolute Gasteiger partial charge is 0.338 e. The Morgan fingerprint density at radius 2 is 2.00 bits per heavy atom. The van der Waals surface area contributed by atoms with Crippen LogP contribution in [0.5, 0.6) is 0 Å². The van der Waals surface area contributed by atoms with E-state index in [2.05, 4.69) is 29.3 Å². The van der Waals surface area contributed by atoms with Gasteiger partial charge in [-0.3, -0.25) is 14.8 Å². The van der Waals surface area contributed by atoms with Gasteiger partial charge in [0.15, 0.2) is 0 Å². The Hall–Kier alpha value is -2.14. The van der Waals surface area contributed by atoms with Crippen molar-refractivity contribution < 1.29 is 4.79 Å². The van der Waals surface area contributed by atoms with Crippen LogP contribution in [0.2, 0.25) is 0 Å². The molecule has 3 rings (SSSR count). The highest BCUT2D eigenvalue weighted by Crippen LogP contribution is 2.39. The van der Waals surface area contributed by atoms with Crippen LogP contribution in [0, 0.1) is 6.92 Å². The number of amides is 1. The first kappa shape index (κ1) is 16.7. The van der Waals surface area contributed by atoms with E-state index in [1.54, 1.807) is 4.90 Å². The number of benzene rings is 1. The second kappa shape index (κ2) is 6.77. The molecule has 0 bridgehead atoms. The molecule has 0 radical (unpaired) electrons. The lowest BCUT2D eigenvalue weighted by molar-refractivity contribution is -0.135. The number of rotatable bonds is 6. The number of aromatic amines is 1. The van der Waals surface area contributed by atoms with Crippen molar-refractivity contribution in [2.24, 2.45) is 0 Å². The number of H-pyrrole nitrogens is 1. The second-order valence-electron chi connectivity index (χ2n) is 7.01. The van der Waals surface area contributed by atoms with E-state index in [1.165, 1.54) is 12.8 Å². The molecule has 5 heteroatoms. The molecule has 1 aromatic carbocycles. The van der Waals surface area contributed by atoms with Crippen LogP contribution < -0.4 is 0 Å². The molecule has 0 spiro atoms. The van der Waals surface area contributed by atoms with E-state index in [1.807, 2.05) is 44.2 Å². The minimum absolute atomic E-state index is 0.0943. The third kappa shape index (κ3) is 3.51. The highest BCUT2D eigenvalue weighted by Gasteiger charge is 2.29. The number of nitrogens with one attached hydrogen (secondary N) is 1. The van der Waals surface area contributed by atoms with Crippen LogP contribution in [0.1, 0.15) is 47.3 Å². The van der Waals surface area contributed by atoms with Crippen LogP contribution in [-0.4, -0.2) is 47.0 Å². The van der Waals surface area contributed by atoms with Gasteiger partial charge in [-0.1, -0.05) is 24.3 Å². The highest BCUT2D eigenvalue weighted by atomic mass is 16.2. The van der Waals surface area contributed by atoms with Crippen LogP contribution in [0.15, 0.2) is 30.3 Å². The third-order valence-corrected chi connectivity index (χ3v) is 4.66. The van der Waals surface area contributed by atoms with Crippen molar-refractivity contribution in [1.82, 2.24) is 20.0 Å². The Morgan fingerprint density at radius 3 is 2.62 bits per heavy atom. The highest BCUT2D eigenvalue weighted by molar-refractivity contribution is 5.83. The minimum Gasteiger partial charge on any atom is -0.338 e. The predicted octanol–water partition coefficient (Wildman–Crippen LogP) is 2.86. The Bertz CT molecular complexity index is 718. The van der Waals surface area contributed by atoms with Gasteiger partial charge < -0.3 is 4.90 Å². The van der Waals surface area contributed by atoms with Crippen molar-refractivity contribution in [3.05, 3.63) is 52.8 Å². The van der Waals surface area contributed by atoms with Crippen LogP contribution in [-0.2, 0) is 11.3 Å². The Labute approximate surface area is 143 Å². The molecule has 1 saturated carbocycles. The lowest BCUT2D eigenvalue weighted by Crippen LogP contribution is -2.38. The average Bonchev–Trinajstić information content (AvgIpc) is 3.29. The van der Waals surface area contributed by atoms with Gasteiger partial charge in [0, 0.05) is 13.0 Å². The number of nitrogens with zero attached hydrogens (tertiary/aromatic N) is 3. The zero-order valence-electron chi connectivity index (χ0n) is 14.9. The maximum absolute atomic E-state index is 13.0. The van der Waals surface area contributed by atoms with Gasteiger partial charge in [-0.15, -0.1) is 0 Å². The Kier molecular flexibility index (Phi) is 4.71. The summed E-state index contributed by atoms with van der Waals surface area (Å²) in [5, 5.41) is 7.44. The van der Waals surface area contributed by atoms with Crippen molar-refractivity contribution in [1.29, 1.82) is 0 Å². The van der Waals surface area contributed by atoms with Gasteiger partial charge >= 0.3 is 0 Å². The summed E-state index contributed by atoms with van der Waals surface area (Å²) in [5.74, 6) is 0.717. The monoisotopic (exact) mass is 326 g/mol. The summed E-state index contributed by atoms with van der Waals surface area (Å²) in [5.41, 5.74) is 4.32. The van der Waals surface area contributed by atoms with Gasteiger partial charge in [0.05, 0.1) is 17.9 Å². The SMILES string of the molecule is Cc1ccccc1[C@H](C(=O)N(C)Cc1cc(C2CC2)n[nH]1)N(C)C. The molecule has 0 aliphatic heterocycles. The van der Waals surface area contributed by atoms with Crippen LogP contribution in [0.4, 0.5) is 0 Å². The van der Waals surface area contributed by atoms with E-state index in [9.17, 15) is 4.79 Å². The maximum atomic E-state index is 13.0. The lowest BCUT2D eigenvalue weighted by atomic mass is 9.99. The molecule has 1 aromatic heterocycles. The minimum atomic E-state index is -0.276. The molecule has 1 fully saturated rings. The van der Waals surface area contributed by atoms with Crippen molar-refractivity contribution in [3.8, 4) is 0 Å². The summed E-state index contributed by atoms with van der Waals surface area (Å²) in [6.45, 7) is 2.60. The van der Waals surface area contributed by atoms with E-state index < -0.39 is 0 Å². The fourth-order valence-electron chi connectivity index (χ4n) is 3.12. The molecule has 1 aliphatic carbocycles. The smallest absolute Gasteiger partial charge is 0.244 e. The third-order valence-electron chi connectivity index (χ3n) is 4.66. The van der Waals surface area contributed by atoms with Gasteiger partial charge in [-0.25, -0.2) is 0 Å². The van der Waals surface area contributed by atoms with Gasteiger partial charge in [0.25, 0.3) is 0 Å². The molecule has 24 heavy (non-hydrogen) atoms. The number of hydrogen-bond donors (Lipinski definition) is 1. The van der Waals surface area contributed by atoms with Gasteiger partial charge in [-0.2, -0.15) is 5.10 Å². The zero-order chi connectivity index (χ0) is 17.3. The molecular formula is C19H26N4O. The molecule has 0 unspecified atom stereocenters. The molecule has 2 aromatic rings. The summed E-state index contributed by atoms with van der Waals surface area (Å²) in [6, 6.07) is 9.90. The summed E-state index contributed by atoms with van der Waals surface area (Å²) >= 11 is 0. The van der Waals surface area contributed by atoms with Crippen LogP contribution >= 0.6 is 0 Å². The van der Waals surface area contributed by atoms with Crippen molar-refractivity contribution >= 4 is 5.91 Å². The Balaban J connectivity index is 1.75. The number of likely N-dealkylation sites (N-methyl/N-ethyl adjacent to an activating group) is 2. The lowest BCUT2D eigenvalue weighted by Gasteiger charge is -2.29. The van der Waals surface area contributed by atoms with Crippen LogP contribution in [0.3, 0.4) is 0 Å². The van der Waals surface area contributed by atoms with Crippen molar-refractivity contribution in [2.45, 2.75) is 38.3 Å². The molecule has 128 valence electrons. The quantitative estimate of drug-likeness (QED) is 0.888. The first-order valence-electron chi connectivity index (χ1n) is 8.48. The fraction of sp³-hybridized carbons (Fsp3) is 0.474. The van der Waals surface area contributed by atoms with E-state index in [-0.39, 0.29) is 11.9 Å². The summed E-state index contributed by atoms with van der Waals surface area (Å²) in [4.78, 5) is 16.8. The molecule has 1 N–H and O–H groups in total. The molecule has 5 nitrogen and oxygen atoms in total. The normalized spacial score (nSPS) is 15.5. The van der Waals surface area contributed by atoms with Gasteiger partial charge in [-0.05, 0) is 51.1 Å². The fourth-order valence-corrected chi connectivity index (χ4v) is 3.12. The first-order valence-corrected chi connectivity index (χ1v) is 8.48. The molecular weight excluding hydrogens is 300 g/mol. The van der Waals surface area contributed by atoms with E-state index in [4.69, 9.17) is 0 Å². The number of aromatic nitrogens is 2. The number of carbonyl (C=O) groups is 1. The van der Waals surface area contributed by atoms with Gasteiger partial charge in [0.2, 0.25) is 5.91 Å². The van der Waals surface area contributed by atoms with E-state index in [0.29, 0.717) is 12.5 Å². The van der Waals surface area contributed by atoms with Crippen molar-refractivity contribution in [3.63, 3.8) is 0 Å². The number of aryl methyl sites for hydroxylation is 1. The second-order valence-corrected chi connectivity index (χ2v) is 7.01. The maximum Gasteiger partial charge on any atom is 0.244 e. The van der Waals surface area contributed by atoms with Crippen LogP contribution in [0.25, 0.3) is 0 Å². The average molecular weight is 326 g/mol. The first-order chi connectivity index (χ1) is 11.5. The summed E-state index contributed by atoms with van der Waals surface area (Å²) in [6.07, 6.45) is 2.46. The molecule has 1 heterocycles. The van der Waals surface area contributed by atoms with E-state index >= 15 is 0 Å². The molecule has 1 amide bonds. The predicted molar refractivity (Wildman–Crippen MR) is 94.6 cm³/mol. The zero-order valence-corrected chi connectivity index (χ0v) is 14.9. The van der Waals surface area contributed by atoms with Gasteiger partial charge in [0.1, 0.15) is 6.04 Å². The number of hydrogen-bond acceptors (Lipinski definition) is 3. The summed E-state index contributed by atoms with van der Waals surface area (Å²) < 4.78 is 0. The van der Waals surface area contributed by atoms with E-state index in [0.717, 1.165) is 22.5 Å².